The number of benzene rings is 2. The molecule has 0 saturated carbocycles. The molecule has 0 spiro atoms. The van der Waals surface area contributed by atoms with E-state index in [-0.39, 0.29) is 5.56 Å². The van der Waals surface area contributed by atoms with Crippen molar-refractivity contribution in [3.8, 4) is 17.3 Å². The normalized spacial score (nSPS) is 11.0. The Morgan fingerprint density at radius 2 is 1.81 bits per heavy atom. The van der Waals surface area contributed by atoms with Gasteiger partial charge in [-0.05, 0) is 42.0 Å². The van der Waals surface area contributed by atoms with E-state index in [0.717, 1.165) is 15.9 Å². The van der Waals surface area contributed by atoms with E-state index in [4.69, 9.17) is 16.3 Å². The minimum absolute atomic E-state index is 0.113. The highest BCUT2D eigenvalue weighted by Gasteiger charge is 2.14. The van der Waals surface area contributed by atoms with Crippen LogP contribution in [0.25, 0.3) is 5.69 Å². The lowest BCUT2D eigenvalue weighted by atomic mass is 10.2. The van der Waals surface area contributed by atoms with Gasteiger partial charge in [0.15, 0.2) is 0 Å². The van der Waals surface area contributed by atoms with Gasteiger partial charge in [0.2, 0.25) is 5.88 Å². The molecule has 0 aliphatic heterocycles. The van der Waals surface area contributed by atoms with Crippen molar-refractivity contribution in [2.75, 3.05) is 7.11 Å². The van der Waals surface area contributed by atoms with Crippen molar-refractivity contribution >= 4 is 17.8 Å². The molecule has 2 N–H and O–H groups in total. The molecule has 0 amide bonds. The molecule has 138 valence electrons. The molecular formula is C19H16ClN3O4. The lowest BCUT2D eigenvalue weighted by molar-refractivity contribution is 0.414. The summed E-state index contributed by atoms with van der Waals surface area (Å²) in [6.07, 6.45) is 1.24. The number of ether oxygens (including phenoxy) is 1. The Morgan fingerprint density at radius 1 is 1.15 bits per heavy atom. The molecule has 0 aliphatic rings. The quantitative estimate of drug-likeness (QED) is 0.659. The number of hydrogen-bond donors (Lipinski definition) is 2. The fraction of sp³-hybridized carbons (Fsp3) is 0.105. The van der Waals surface area contributed by atoms with E-state index in [9.17, 15) is 14.7 Å². The number of aromatic hydroxyl groups is 1. The average Bonchev–Trinajstić information content (AvgIpc) is 2.66. The van der Waals surface area contributed by atoms with Crippen LogP contribution in [0.3, 0.4) is 0 Å². The van der Waals surface area contributed by atoms with Crippen LogP contribution < -0.4 is 16.0 Å². The average molecular weight is 386 g/mol. The minimum atomic E-state index is -0.757. The molecular weight excluding hydrogens is 370 g/mol. The first-order valence-corrected chi connectivity index (χ1v) is 8.34. The molecule has 0 bridgehead atoms. The number of aromatic amines is 1. The highest BCUT2D eigenvalue weighted by atomic mass is 35.5. The molecule has 1 aromatic heterocycles. The summed E-state index contributed by atoms with van der Waals surface area (Å²) in [5.74, 6) is 0.233. The van der Waals surface area contributed by atoms with Crippen LogP contribution in [0.15, 0.2) is 63.1 Å². The summed E-state index contributed by atoms with van der Waals surface area (Å²) in [7, 11) is 1.58. The molecule has 8 heteroatoms. The zero-order chi connectivity index (χ0) is 19.4. The second kappa shape index (κ2) is 7.92. The Morgan fingerprint density at radius 3 is 2.44 bits per heavy atom. The Bertz CT molecular complexity index is 1080. The number of aliphatic imine (C=N–C) groups is 1. The summed E-state index contributed by atoms with van der Waals surface area (Å²) >= 11 is 5.84. The summed E-state index contributed by atoms with van der Waals surface area (Å²) in [4.78, 5) is 30.5. The maximum atomic E-state index is 12.1. The second-order valence-corrected chi connectivity index (χ2v) is 6.06. The highest BCUT2D eigenvalue weighted by molar-refractivity contribution is 6.30. The van der Waals surface area contributed by atoms with Gasteiger partial charge in [0.1, 0.15) is 11.3 Å². The van der Waals surface area contributed by atoms with Gasteiger partial charge in [-0.25, -0.2) is 9.36 Å². The van der Waals surface area contributed by atoms with Gasteiger partial charge in [-0.15, -0.1) is 0 Å². The topological polar surface area (TPSA) is 96.7 Å². The van der Waals surface area contributed by atoms with Crippen molar-refractivity contribution < 1.29 is 9.84 Å². The van der Waals surface area contributed by atoms with E-state index >= 15 is 0 Å². The van der Waals surface area contributed by atoms with E-state index in [1.807, 2.05) is 12.1 Å². The molecule has 3 aromatic rings. The van der Waals surface area contributed by atoms with Gasteiger partial charge in [0.25, 0.3) is 5.56 Å². The summed E-state index contributed by atoms with van der Waals surface area (Å²) < 4.78 is 6.07. The van der Waals surface area contributed by atoms with Crippen molar-refractivity contribution in [2.24, 2.45) is 4.99 Å². The first kappa shape index (κ1) is 18.5. The van der Waals surface area contributed by atoms with Crippen LogP contribution in [-0.2, 0) is 6.54 Å². The minimum Gasteiger partial charge on any atom is -0.497 e. The first-order valence-electron chi connectivity index (χ1n) is 7.96. The Kier molecular flexibility index (Phi) is 5.42. The molecule has 0 radical (unpaired) electrons. The number of hydrogen-bond acceptors (Lipinski definition) is 5. The summed E-state index contributed by atoms with van der Waals surface area (Å²) in [6.45, 7) is 0.295. The lowest BCUT2D eigenvalue weighted by Gasteiger charge is -2.09. The van der Waals surface area contributed by atoms with Gasteiger partial charge in [0.05, 0.1) is 19.3 Å². The van der Waals surface area contributed by atoms with E-state index in [2.05, 4.69) is 9.98 Å². The van der Waals surface area contributed by atoms with Crippen LogP contribution >= 0.6 is 11.6 Å². The molecule has 0 aliphatic carbocycles. The number of nitrogens with one attached hydrogen (secondary N) is 1. The van der Waals surface area contributed by atoms with Crippen LogP contribution in [-0.4, -0.2) is 28.0 Å². The van der Waals surface area contributed by atoms with Gasteiger partial charge in [-0.2, -0.15) is 0 Å². The zero-order valence-electron chi connectivity index (χ0n) is 14.3. The van der Waals surface area contributed by atoms with Crippen LogP contribution in [0, 0.1) is 0 Å². The number of methoxy groups -OCH3 is 1. The van der Waals surface area contributed by atoms with E-state index in [1.165, 1.54) is 6.21 Å². The van der Waals surface area contributed by atoms with Crippen molar-refractivity contribution in [2.45, 2.75) is 6.54 Å². The predicted octanol–water partition coefficient (Wildman–Crippen LogP) is 2.51. The third-order valence-corrected chi connectivity index (χ3v) is 4.11. The predicted molar refractivity (Wildman–Crippen MR) is 104 cm³/mol. The molecule has 0 unspecified atom stereocenters. The van der Waals surface area contributed by atoms with Crippen molar-refractivity contribution in [1.29, 1.82) is 0 Å². The van der Waals surface area contributed by atoms with Crippen LogP contribution in [0.4, 0.5) is 0 Å². The number of halogens is 1. The molecule has 3 rings (SSSR count). The first-order chi connectivity index (χ1) is 13.0. The standard InChI is InChI=1S/C19H16ClN3O4/c1-27-15-8-2-12(3-9-15)10-21-11-16-17(24)22-19(26)23(18(16)25)14-6-4-13(20)5-7-14/h2-9,11,25H,10H2,1H3,(H,22,24,26). The van der Waals surface area contributed by atoms with Gasteiger partial charge < -0.3 is 9.84 Å². The van der Waals surface area contributed by atoms with E-state index in [0.29, 0.717) is 17.3 Å². The fourth-order valence-electron chi connectivity index (χ4n) is 2.46. The molecule has 27 heavy (non-hydrogen) atoms. The fourth-order valence-corrected chi connectivity index (χ4v) is 2.58. The Balaban J connectivity index is 1.93. The van der Waals surface area contributed by atoms with Crippen LogP contribution in [0.2, 0.25) is 5.02 Å². The number of rotatable bonds is 5. The number of aromatic nitrogens is 2. The third-order valence-electron chi connectivity index (χ3n) is 3.86. The largest absolute Gasteiger partial charge is 0.497 e. The molecule has 0 atom stereocenters. The van der Waals surface area contributed by atoms with Crippen molar-refractivity contribution in [3.05, 3.63) is 85.5 Å². The Hall–Kier alpha value is -3.32. The summed E-state index contributed by atoms with van der Waals surface area (Å²) in [5.41, 5.74) is -0.330. The monoisotopic (exact) mass is 385 g/mol. The second-order valence-electron chi connectivity index (χ2n) is 5.63. The smallest absolute Gasteiger partial charge is 0.335 e. The Labute approximate surface area is 159 Å². The van der Waals surface area contributed by atoms with Crippen LogP contribution in [0.1, 0.15) is 11.1 Å². The molecule has 0 fully saturated rings. The summed E-state index contributed by atoms with van der Waals surface area (Å²) in [5, 5.41) is 10.9. The van der Waals surface area contributed by atoms with Gasteiger partial charge in [-0.1, -0.05) is 23.7 Å². The van der Waals surface area contributed by atoms with E-state index < -0.39 is 17.1 Å². The highest BCUT2D eigenvalue weighted by Crippen LogP contribution is 2.18. The maximum Gasteiger partial charge on any atom is 0.335 e. The number of nitrogens with zero attached hydrogens (tertiary/aromatic N) is 2. The number of H-pyrrole nitrogens is 1. The molecule has 7 nitrogen and oxygen atoms in total. The maximum absolute atomic E-state index is 12.1. The molecule has 1 heterocycles. The molecule has 2 aromatic carbocycles. The van der Waals surface area contributed by atoms with Crippen molar-refractivity contribution in [3.63, 3.8) is 0 Å². The van der Waals surface area contributed by atoms with E-state index in [1.54, 1.807) is 43.5 Å². The van der Waals surface area contributed by atoms with Crippen molar-refractivity contribution in [1.82, 2.24) is 9.55 Å². The SMILES string of the molecule is COc1ccc(CN=Cc2c(O)n(-c3ccc(Cl)cc3)c(=O)[nH]c2=O)cc1. The van der Waals surface area contributed by atoms with Gasteiger partial charge in [0, 0.05) is 11.2 Å². The lowest BCUT2D eigenvalue weighted by Crippen LogP contribution is -2.31. The summed E-state index contributed by atoms with van der Waals surface area (Å²) in [6, 6.07) is 13.5. The third kappa shape index (κ3) is 4.09. The zero-order valence-corrected chi connectivity index (χ0v) is 15.1. The van der Waals surface area contributed by atoms with Crippen LogP contribution in [0.5, 0.6) is 11.6 Å². The molecule has 0 saturated heterocycles. The van der Waals surface area contributed by atoms with Gasteiger partial charge >= 0.3 is 5.69 Å². The van der Waals surface area contributed by atoms with Gasteiger partial charge in [-0.3, -0.25) is 14.8 Å².